The minimum atomic E-state index is 0. The van der Waals surface area contributed by atoms with Crippen LogP contribution in [0.25, 0.3) is 10.9 Å². The fraction of sp³-hybridized carbons (Fsp3) is 0.500. The normalized spacial score (nSPS) is 18.1. The van der Waals surface area contributed by atoms with E-state index in [1.807, 2.05) is 11.8 Å². The lowest BCUT2D eigenvalue weighted by atomic mass is 9.96. The Morgan fingerprint density at radius 1 is 1.35 bits per heavy atom. The molecule has 20 heavy (non-hydrogen) atoms. The van der Waals surface area contributed by atoms with E-state index < -0.39 is 0 Å². The van der Waals surface area contributed by atoms with Crippen LogP contribution in [-0.4, -0.2) is 16.9 Å². The van der Waals surface area contributed by atoms with E-state index in [-0.39, 0.29) is 12.4 Å². The molecule has 0 radical (unpaired) electrons. The van der Waals surface area contributed by atoms with Crippen LogP contribution < -0.4 is 5.73 Å². The molecule has 0 aliphatic carbocycles. The number of rotatable bonds is 3. The highest BCUT2D eigenvalue weighted by Crippen LogP contribution is 2.43. The van der Waals surface area contributed by atoms with Gasteiger partial charge in [-0.1, -0.05) is 32.0 Å². The van der Waals surface area contributed by atoms with Gasteiger partial charge in [0.05, 0.1) is 5.03 Å². The number of thioether (sulfide) groups is 1. The summed E-state index contributed by atoms with van der Waals surface area (Å²) < 4.78 is 2.52. The monoisotopic (exact) mass is 310 g/mol. The van der Waals surface area contributed by atoms with Crippen molar-refractivity contribution in [1.29, 1.82) is 0 Å². The van der Waals surface area contributed by atoms with E-state index in [4.69, 9.17) is 5.73 Å². The zero-order valence-corrected chi connectivity index (χ0v) is 13.8. The molecular formula is C16H23ClN2S. The van der Waals surface area contributed by atoms with Gasteiger partial charge in [-0.2, -0.15) is 0 Å². The fourth-order valence-electron chi connectivity index (χ4n) is 3.08. The first kappa shape index (κ1) is 15.7. The zero-order chi connectivity index (χ0) is 13.4. The summed E-state index contributed by atoms with van der Waals surface area (Å²) >= 11 is 2.01. The van der Waals surface area contributed by atoms with Crippen molar-refractivity contribution in [1.82, 2.24) is 4.57 Å². The first-order valence-corrected chi connectivity index (χ1v) is 8.15. The number of halogens is 1. The van der Waals surface area contributed by atoms with Gasteiger partial charge in [0.2, 0.25) is 0 Å². The molecule has 2 nitrogen and oxygen atoms in total. The number of hydrogen-bond donors (Lipinski definition) is 1. The van der Waals surface area contributed by atoms with Crippen LogP contribution in [0.1, 0.15) is 31.7 Å². The number of nitrogens with zero attached hydrogens (tertiary/aromatic N) is 1. The Labute approximate surface area is 131 Å². The molecule has 1 unspecified atom stereocenters. The molecule has 0 saturated carbocycles. The summed E-state index contributed by atoms with van der Waals surface area (Å²) in [4.78, 5) is 0. The Kier molecular flexibility index (Phi) is 5.05. The van der Waals surface area contributed by atoms with Gasteiger partial charge < -0.3 is 10.3 Å². The second kappa shape index (κ2) is 6.42. The molecular weight excluding hydrogens is 288 g/mol. The maximum atomic E-state index is 6.00. The minimum Gasteiger partial charge on any atom is -0.335 e. The number of para-hydroxylation sites is 1. The third-order valence-electron chi connectivity index (χ3n) is 3.91. The van der Waals surface area contributed by atoms with Crippen LogP contribution in [0.3, 0.4) is 0 Å². The number of fused-ring (bicyclic) bond motifs is 3. The van der Waals surface area contributed by atoms with Crippen molar-refractivity contribution in [2.75, 3.05) is 12.3 Å². The van der Waals surface area contributed by atoms with Gasteiger partial charge in [0.25, 0.3) is 0 Å². The molecule has 1 aliphatic rings. The smallest absolute Gasteiger partial charge is 0.0795 e. The first-order chi connectivity index (χ1) is 9.22. The van der Waals surface area contributed by atoms with Gasteiger partial charge in [-0.25, -0.2) is 0 Å². The summed E-state index contributed by atoms with van der Waals surface area (Å²) in [5.74, 6) is 2.40. The number of hydrogen-bond acceptors (Lipinski definition) is 2. The minimum absolute atomic E-state index is 0. The second-order valence-electron chi connectivity index (χ2n) is 5.81. The third kappa shape index (κ3) is 2.59. The van der Waals surface area contributed by atoms with Crippen LogP contribution in [0, 0.1) is 5.92 Å². The molecule has 2 aromatic rings. The summed E-state index contributed by atoms with van der Waals surface area (Å²) in [6, 6.07) is 8.81. The summed E-state index contributed by atoms with van der Waals surface area (Å²) in [5, 5.41) is 2.89. The van der Waals surface area contributed by atoms with Crippen molar-refractivity contribution in [3.05, 3.63) is 29.8 Å². The van der Waals surface area contributed by atoms with E-state index >= 15 is 0 Å². The van der Waals surface area contributed by atoms with E-state index in [1.54, 1.807) is 0 Å². The molecule has 3 rings (SSSR count). The zero-order valence-electron chi connectivity index (χ0n) is 12.1. The molecule has 0 spiro atoms. The van der Waals surface area contributed by atoms with Gasteiger partial charge in [-0.15, -0.1) is 24.2 Å². The van der Waals surface area contributed by atoms with Crippen molar-refractivity contribution >= 4 is 35.1 Å². The molecule has 1 aromatic heterocycles. The molecule has 1 aromatic carbocycles. The number of nitrogens with two attached hydrogens (primary N) is 1. The predicted molar refractivity (Wildman–Crippen MR) is 91.2 cm³/mol. The molecule has 0 bridgehead atoms. The lowest BCUT2D eigenvalue weighted by Gasteiger charge is -2.23. The summed E-state index contributed by atoms with van der Waals surface area (Å²) in [7, 11) is 0. The highest BCUT2D eigenvalue weighted by Gasteiger charge is 2.27. The molecule has 4 heteroatoms. The second-order valence-corrected chi connectivity index (χ2v) is 6.89. The van der Waals surface area contributed by atoms with Gasteiger partial charge in [-0.3, -0.25) is 0 Å². The highest BCUT2D eigenvalue weighted by molar-refractivity contribution is 7.99. The maximum absolute atomic E-state index is 6.00. The van der Waals surface area contributed by atoms with Gasteiger partial charge in [0.15, 0.2) is 0 Å². The Hall–Kier alpha value is -0.640. The Morgan fingerprint density at radius 2 is 2.10 bits per heavy atom. The third-order valence-corrected chi connectivity index (χ3v) is 5.06. The molecule has 110 valence electrons. The van der Waals surface area contributed by atoms with Crippen LogP contribution in [0.5, 0.6) is 0 Å². The quantitative estimate of drug-likeness (QED) is 0.918. The topological polar surface area (TPSA) is 30.9 Å². The van der Waals surface area contributed by atoms with Crippen LogP contribution in [0.15, 0.2) is 29.3 Å². The summed E-state index contributed by atoms with van der Waals surface area (Å²) in [6.07, 6.45) is 1.21. The summed E-state index contributed by atoms with van der Waals surface area (Å²) in [5.41, 5.74) is 8.89. The van der Waals surface area contributed by atoms with Crippen LogP contribution in [-0.2, 0) is 6.54 Å². The van der Waals surface area contributed by atoms with Crippen LogP contribution in [0.4, 0.5) is 0 Å². The van der Waals surface area contributed by atoms with Gasteiger partial charge in [0, 0.05) is 29.1 Å². The Morgan fingerprint density at radius 3 is 2.80 bits per heavy atom. The number of aromatic nitrogens is 1. The SMILES string of the molecule is CC(C)Cn1c2c(c3ccccc31)C(CN)CCS2.Cl. The fourth-order valence-corrected chi connectivity index (χ4v) is 4.44. The summed E-state index contributed by atoms with van der Waals surface area (Å²) in [6.45, 7) is 6.44. The average Bonchev–Trinajstić information content (AvgIpc) is 2.73. The maximum Gasteiger partial charge on any atom is 0.0795 e. The molecule has 2 N–H and O–H groups in total. The van der Waals surface area contributed by atoms with Gasteiger partial charge >= 0.3 is 0 Å². The van der Waals surface area contributed by atoms with E-state index in [2.05, 4.69) is 42.7 Å². The van der Waals surface area contributed by atoms with Crippen molar-refractivity contribution < 1.29 is 0 Å². The van der Waals surface area contributed by atoms with Gasteiger partial charge in [0.1, 0.15) is 0 Å². The first-order valence-electron chi connectivity index (χ1n) is 7.16. The van der Waals surface area contributed by atoms with E-state index in [9.17, 15) is 0 Å². The largest absolute Gasteiger partial charge is 0.335 e. The Balaban J connectivity index is 0.00000147. The van der Waals surface area contributed by atoms with Crippen molar-refractivity contribution in [2.45, 2.75) is 37.8 Å². The molecule has 0 amide bonds. The van der Waals surface area contributed by atoms with E-state index in [1.165, 1.54) is 33.7 Å². The lowest BCUT2D eigenvalue weighted by molar-refractivity contribution is 0.503. The molecule has 1 aliphatic heterocycles. The lowest BCUT2D eigenvalue weighted by Crippen LogP contribution is -2.17. The molecule has 0 fully saturated rings. The van der Waals surface area contributed by atoms with Crippen LogP contribution in [0.2, 0.25) is 0 Å². The van der Waals surface area contributed by atoms with Crippen molar-refractivity contribution in [3.63, 3.8) is 0 Å². The van der Waals surface area contributed by atoms with E-state index in [0.717, 1.165) is 13.1 Å². The average molecular weight is 311 g/mol. The number of benzene rings is 1. The van der Waals surface area contributed by atoms with Crippen molar-refractivity contribution in [3.8, 4) is 0 Å². The van der Waals surface area contributed by atoms with E-state index in [0.29, 0.717) is 11.8 Å². The molecule has 0 saturated heterocycles. The predicted octanol–water partition coefficient (Wildman–Crippen LogP) is 4.26. The molecule has 2 heterocycles. The molecule has 1 atom stereocenters. The van der Waals surface area contributed by atoms with Crippen LogP contribution >= 0.6 is 24.2 Å². The standard InChI is InChI=1S/C16H22N2S.ClH/c1-11(2)10-18-14-6-4-3-5-13(14)15-12(9-17)7-8-19-16(15)18;/h3-6,11-12H,7-10,17H2,1-2H3;1H. The Bertz CT molecular complexity index is 591. The highest BCUT2D eigenvalue weighted by atomic mass is 35.5. The van der Waals surface area contributed by atoms with Crippen molar-refractivity contribution in [2.24, 2.45) is 11.7 Å². The van der Waals surface area contributed by atoms with Gasteiger partial charge in [-0.05, 0) is 30.5 Å².